The van der Waals surface area contributed by atoms with Gasteiger partial charge in [0.1, 0.15) is 5.76 Å². The fourth-order valence-corrected chi connectivity index (χ4v) is 2.52. The zero-order valence-corrected chi connectivity index (χ0v) is 15.0. The number of carbonyl (C=O) groups excluding carboxylic acids is 1. The number of aromatic nitrogens is 1. The Morgan fingerprint density at radius 3 is 2.83 bits per heavy atom. The smallest absolute Gasteiger partial charge is 0.305 e. The van der Waals surface area contributed by atoms with Gasteiger partial charge in [-0.05, 0) is 31.8 Å². The van der Waals surface area contributed by atoms with Crippen molar-refractivity contribution in [1.29, 1.82) is 0 Å². The molecule has 5 heteroatoms. The number of ether oxygens (including phenoxy) is 1. The molecule has 1 heterocycles. The second-order valence-electron chi connectivity index (χ2n) is 6.08. The van der Waals surface area contributed by atoms with Crippen LogP contribution in [0, 0.1) is 0 Å². The Balaban J connectivity index is 2.26. The summed E-state index contributed by atoms with van der Waals surface area (Å²) in [4.78, 5) is 15.3. The normalized spacial score (nSPS) is 12.6. The molecule has 0 fully saturated rings. The molecule has 5 nitrogen and oxygen atoms in total. The molecule has 136 valence electrons. The van der Waals surface area contributed by atoms with Gasteiger partial charge in [0.25, 0.3) is 0 Å². The monoisotopic (exact) mass is 337 g/mol. The molecule has 0 aromatic carbocycles. The SMILES string of the molecule is CCCCCC(O)C=Cc1ocnc1CCCCCCC(=O)OC. The predicted octanol–water partition coefficient (Wildman–Crippen LogP) is 4.30. The van der Waals surface area contributed by atoms with Crippen molar-refractivity contribution >= 4 is 12.0 Å². The van der Waals surface area contributed by atoms with E-state index >= 15 is 0 Å². The highest BCUT2D eigenvalue weighted by Gasteiger charge is 2.07. The van der Waals surface area contributed by atoms with Crippen molar-refractivity contribution in [3.05, 3.63) is 23.9 Å². The van der Waals surface area contributed by atoms with Crippen molar-refractivity contribution in [3.63, 3.8) is 0 Å². The third-order valence-electron chi connectivity index (χ3n) is 4.02. The molecule has 0 radical (unpaired) electrons. The minimum Gasteiger partial charge on any atom is -0.469 e. The molecule has 24 heavy (non-hydrogen) atoms. The Bertz CT molecular complexity index is 481. The third-order valence-corrected chi connectivity index (χ3v) is 4.02. The number of nitrogens with zero attached hydrogens (tertiary/aromatic N) is 1. The first-order chi connectivity index (χ1) is 11.7. The van der Waals surface area contributed by atoms with E-state index in [0.717, 1.165) is 69.2 Å². The van der Waals surface area contributed by atoms with Gasteiger partial charge in [0, 0.05) is 6.42 Å². The Labute approximate surface area is 145 Å². The van der Waals surface area contributed by atoms with Crippen LogP contribution in [-0.4, -0.2) is 29.3 Å². The largest absolute Gasteiger partial charge is 0.469 e. The summed E-state index contributed by atoms with van der Waals surface area (Å²) in [7, 11) is 1.42. The molecule has 0 aliphatic rings. The fraction of sp³-hybridized carbons (Fsp3) is 0.684. The van der Waals surface area contributed by atoms with Gasteiger partial charge < -0.3 is 14.3 Å². The highest BCUT2D eigenvalue weighted by molar-refractivity contribution is 5.68. The van der Waals surface area contributed by atoms with Crippen molar-refractivity contribution < 1.29 is 19.1 Å². The average Bonchev–Trinajstić information content (AvgIpc) is 3.03. The van der Waals surface area contributed by atoms with E-state index in [-0.39, 0.29) is 5.97 Å². The van der Waals surface area contributed by atoms with Crippen LogP contribution in [0.2, 0.25) is 0 Å². The third kappa shape index (κ3) is 8.87. The predicted molar refractivity (Wildman–Crippen MR) is 94.5 cm³/mol. The number of hydrogen-bond acceptors (Lipinski definition) is 5. The number of unbranched alkanes of at least 4 members (excludes halogenated alkanes) is 5. The van der Waals surface area contributed by atoms with E-state index in [2.05, 4.69) is 16.6 Å². The van der Waals surface area contributed by atoms with Gasteiger partial charge in [-0.15, -0.1) is 0 Å². The maximum Gasteiger partial charge on any atom is 0.305 e. The Morgan fingerprint density at radius 2 is 2.08 bits per heavy atom. The maximum atomic E-state index is 11.0. The van der Waals surface area contributed by atoms with Gasteiger partial charge in [0.15, 0.2) is 6.39 Å². The van der Waals surface area contributed by atoms with Crippen LogP contribution < -0.4 is 0 Å². The molecule has 0 spiro atoms. The average molecular weight is 337 g/mol. The number of rotatable bonds is 13. The quantitative estimate of drug-likeness (QED) is 0.429. The van der Waals surface area contributed by atoms with Crippen LogP contribution >= 0.6 is 0 Å². The molecular formula is C19H31NO4. The Kier molecular flexibility index (Phi) is 10.9. The maximum absolute atomic E-state index is 11.0. The van der Waals surface area contributed by atoms with Crippen LogP contribution in [0.1, 0.15) is 76.2 Å². The number of esters is 1. The molecule has 1 aromatic rings. The number of methoxy groups -OCH3 is 1. The summed E-state index contributed by atoms with van der Waals surface area (Å²) in [6.45, 7) is 2.15. The van der Waals surface area contributed by atoms with Crippen molar-refractivity contribution in [3.8, 4) is 0 Å². The number of aryl methyl sites for hydroxylation is 1. The van der Waals surface area contributed by atoms with Gasteiger partial charge in [-0.1, -0.05) is 45.1 Å². The molecule has 1 rings (SSSR count). The molecule has 0 bridgehead atoms. The van der Waals surface area contributed by atoms with Crippen LogP contribution in [-0.2, 0) is 16.0 Å². The van der Waals surface area contributed by atoms with Gasteiger partial charge in [-0.25, -0.2) is 4.98 Å². The van der Waals surface area contributed by atoms with Crippen LogP contribution in [0.5, 0.6) is 0 Å². The van der Waals surface area contributed by atoms with E-state index < -0.39 is 6.10 Å². The van der Waals surface area contributed by atoms with Crippen molar-refractivity contribution in [2.75, 3.05) is 7.11 Å². The molecule has 1 aromatic heterocycles. The molecule has 1 N–H and O–H groups in total. The van der Waals surface area contributed by atoms with Crippen molar-refractivity contribution in [1.82, 2.24) is 4.98 Å². The molecule has 0 saturated heterocycles. The standard InChI is InChI=1S/C19H31NO4/c1-3-4-7-10-16(21)13-14-18-17(20-15-24-18)11-8-5-6-9-12-19(22)23-2/h13-16,21H,3-12H2,1-2H3. The number of aliphatic hydroxyl groups excluding tert-OH is 1. The number of hydrogen-bond donors (Lipinski definition) is 1. The first-order valence-corrected chi connectivity index (χ1v) is 9.02. The minimum absolute atomic E-state index is 0.142. The van der Waals surface area contributed by atoms with Gasteiger partial charge in [-0.3, -0.25) is 4.79 Å². The van der Waals surface area contributed by atoms with Crippen molar-refractivity contribution in [2.24, 2.45) is 0 Å². The topological polar surface area (TPSA) is 72.6 Å². The van der Waals surface area contributed by atoms with Crippen LogP contribution in [0.4, 0.5) is 0 Å². The van der Waals surface area contributed by atoms with Crippen LogP contribution in [0.15, 0.2) is 16.9 Å². The lowest BCUT2D eigenvalue weighted by molar-refractivity contribution is -0.140. The van der Waals surface area contributed by atoms with E-state index in [9.17, 15) is 9.90 Å². The summed E-state index contributed by atoms with van der Waals surface area (Å²) in [6, 6.07) is 0. The molecule has 0 aliphatic carbocycles. The summed E-state index contributed by atoms with van der Waals surface area (Å²) >= 11 is 0. The molecular weight excluding hydrogens is 306 g/mol. The number of carbonyl (C=O) groups is 1. The second kappa shape index (κ2) is 12.8. The van der Waals surface area contributed by atoms with E-state index in [1.165, 1.54) is 13.5 Å². The first-order valence-electron chi connectivity index (χ1n) is 9.02. The highest BCUT2D eigenvalue weighted by atomic mass is 16.5. The minimum atomic E-state index is -0.423. The Hall–Kier alpha value is -1.62. The zero-order valence-electron chi connectivity index (χ0n) is 15.0. The lowest BCUT2D eigenvalue weighted by Gasteiger charge is -2.04. The Morgan fingerprint density at radius 1 is 1.29 bits per heavy atom. The zero-order chi connectivity index (χ0) is 17.6. The molecule has 1 unspecified atom stereocenters. The van der Waals surface area contributed by atoms with Gasteiger partial charge in [0.05, 0.1) is 18.9 Å². The van der Waals surface area contributed by atoms with Gasteiger partial charge >= 0.3 is 5.97 Å². The van der Waals surface area contributed by atoms with Gasteiger partial charge in [0.2, 0.25) is 0 Å². The first kappa shape index (κ1) is 20.4. The summed E-state index contributed by atoms with van der Waals surface area (Å²) < 4.78 is 10.0. The second-order valence-corrected chi connectivity index (χ2v) is 6.08. The summed E-state index contributed by atoms with van der Waals surface area (Å²) in [5, 5.41) is 9.92. The fourth-order valence-electron chi connectivity index (χ4n) is 2.52. The molecule has 0 saturated carbocycles. The van der Waals surface area contributed by atoms with E-state index in [1.54, 1.807) is 6.08 Å². The highest BCUT2D eigenvalue weighted by Crippen LogP contribution is 2.15. The van der Waals surface area contributed by atoms with Crippen molar-refractivity contribution in [2.45, 2.75) is 77.2 Å². The number of aliphatic hydroxyl groups is 1. The summed E-state index contributed by atoms with van der Waals surface area (Å²) in [5.74, 6) is 0.593. The lowest BCUT2D eigenvalue weighted by Crippen LogP contribution is -2.01. The lowest BCUT2D eigenvalue weighted by atomic mass is 10.1. The molecule has 0 aliphatic heterocycles. The molecule has 0 amide bonds. The summed E-state index contributed by atoms with van der Waals surface area (Å²) in [6.07, 6.45) is 14.0. The molecule has 1 atom stereocenters. The summed E-state index contributed by atoms with van der Waals surface area (Å²) in [5.41, 5.74) is 0.931. The number of oxazole rings is 1. The van der Waals surface area contributed by atoms with E-state index in [1.807, 2.05) is 6.08 Å². The van der Waals surface area contributed by atoms with Crippen LogP contribution in [0.25, 0.3) is 6.08 Å². The van der Waals surface area contributed by atoms with Crippen LogP contribution in [0.3, 0.4) is 0 Å². The van der Waals surface area contributed by atoms with E-state index in [0.29, 0.717) is 6.42 Å². The van der Waals surface area contributed by atoms with E-state index in [4.69, 9.17) is 4.42 Å². The van der Waals surface area contributed by atoms with Gasteiger partial charge in [-0.2, -0.15) is 0 Å².